The van der Waals surface area contributed by atoms with E-state index in [9.17, 15) is 5.11 Å². The predicted molar refractivity (Wildman–Crippen MR) is 68.7 cm³/mol. The van der Waals surface area contributed by atoms with Gasteiger partial charge in [0.25, 0.3) is 0 Å². The van der Waals surface area contributed by atoms with Crippen LogP contribution in [0, 0.1) is 23.2 Å². The average molecular weight is 249 g/mol. The molecule has 2 fully saturated rings. The molecule has 1 aromatic rings. The molecule has 2 saturated carbocycles. The van der Waals surface area contributed by atoms with Gasteiger partial charge in [-0.15, -0.1) is 5.10 Å². The van der Waals surface area contributed by atoms with Gasteiger partial charge in [0.05, 0.1) is 0 Å². The molecule has 100 valence electrons. The van der Waals surface area contributed by atoms with E-state index in [1.54, 1.807) is 6.20 Å². The number of hydrogen-bond acceptors (Lipinski definition) is 3. The maximum absolute atomic E-state index is 10.9. The number of fused-ring (bicyclic) bond motifs is 2. The summed E-state index contributed by atoms with van der Waals surface area (Å²) in [6.45, 7) is 7.01. The van der Waals surface area contributed by atoms with Crippen LogP contribution in [0.2, 0.25) is 0 Å². The van der Waals surface area contributed by atoms with Crippen molar-refractivity contribution < 1.29 is 5.11 Å². The van der Waals surface area contributed by atoms with Crippen LogP contribution < -0.4 is 0 Å². The Morgan fingerprint density at radius 3 is 2.33 bits per heavy atom. The van der Waals surface area contributed by atoms with Crippen molar-refractivity contribution in [3.05, 3.63) is 11.9 Å². The Hall–Kier alpha value is -0.900. The first-order valence-corrected chi connectivity index (χ1v) is 6.99. The minimum Gasteiger partial charge on any atom is -0.383 e. The van der Waals surface area contributed by atoms with Crippen LogP contribution in [-0.2, 0) is 5.60 Å². The molecular formula is C14H23N3O. The van der Waals surface area contributed by atoms with Crippen LogP contribution in [0.4, 0.5) is 0 Å². The van der Waals surface area contributed by atoms with E-state index in [1.165, 1.54) is 12.8 Å². The molecule has 4 heteroatoms. The van der Waals surface area contributed by atoms with Crippen molar-refractivity contribution >= 4 is 0 Å². The number of H-pyrrole nitrogens is 1. The summed E-state index contributed by atoms with van der Waals surface area (Å²) in [4.78, 5) is 0. The minimum absolute atomic E-state index is 0.344. The Labute approximate surface area is 108 Å². The highest BCUT2D eigenvalue weighted by atomic mass is 16.3. The molecule has 2 aliphatic rings. The van der Waals surface area contributed by atoms with Gasteiger partial charge in [0.1, 0.15) is 11.3 Å². The van der Waals surface area contributed by atoms with E-state index >= 15 is 0 Å². The molecule has 2 aliphatic carbocycles. The summed E-state index contributed by atoms with van der Waals surface area (Å²) in [5, 5.41) is 21.4. The van der Waals surface area contributed by atoms with Gasteiger partial charge in [-0.3, -0.25) is 5.10 Å². The zero-order chi connectivity index (χ0) is 13.0. The topological polar surface area (TPSA) is 61.8 Å². The van der Waals surface area contributed by atoms with Crippen molar-refractivity contribution in [1.82, 2.24) is 15.4 Å². The van der Waals surface area contributed by atoms with E-state index in [0.717, 1.165) is 24.5 Å². The van der Waals surface area contributed by atoms with Crippen molar-refractivity contribution in [2.45, 2.75) is 52.1 Å². The molecular weight excluding hydrogens is 226 g/mol. The molecule has 4 nitrogen and oxygen atoms in total. The molecule has 3 rings (SSSR count). The Kier molecular flexibility index (Phi) is 2.56. The number of aromatic amines is 1. The van der Waals surface area contributed by atoms with E-state index in [4.69, 9.17) is 0 Å². The lowest BCUT2D eigenvalue weighted by atomic mass is 9.61. The fraction of sp³-hybridized carbons (Fsp3) is 0.857. The van der Waals surface area contributed by atoms with Gasteiger partial charge in [0.2, 0.25) is 0 Å². The first kappa shape index (κ1) is 12.2. The highest BCUT2D eigenvalue weighted by molar-refractivity contribution is 5.13. The van der Waals surface area contributed by atoms with E-state index in [2.05, 4.69) is 36.2 Å². The summed E-state index contributed by atoms with van der Waals surface area (Å²) in [5.41, 5.74) is 0.323. The van der Waals surface area contributed by atoms with Crippen LogP contribution >= 0.6 is 0 Å². The van der Waals surface area contributed by atoms with Crippen LogP contribution in [0.3, 0.4) is 0 Å². The fourth-order valence-electron chi connectivity index (χ4n) is 4.63. The van der Waals surface area contributed by atoms with Crippen LogP contribution in [0.5, 0.6) is 0 Å². The SMILES string of the molecule is CC(C)(C)[C@H]1C2CCC1C[C@@](O)(c1c[nH]nn1)C2. The van der Waals surface area contributed by atoms with Gasteiger partial charge in [-0.1, -0.05) is 26.0 Å². The summed E-state index contributed by atoms with van der Waals surface area (Å²) in [6.07, 6.45) is 5.95. The highest BCUT2D eigenvalue weighted by Gasteiger charge is 2.53. The van der Waals surface area contributed by atoms with E-state index < -0.39 is 5.60 Å². The molecule has 0 radical (unpaired) electrons. The number of rotatable bonds is 1. The minimum atomic E-state index is -0.749. The second kappa shape index (κ2) is 3.80. The van der Waals surface area contributed by atoms with Crippen LogP contribution in [0.25, 0.3) is 0 Å². The molecule has 0 spiro atoms. The Morgan fingerprint density at radius 1 is 1.28 bits per heavy atom. The summed E-state index contributed by atoms with van der Waals surface area (Å²) in [5.74, 6) is 2.00. The van der Waals surface area contributed by atoms with Gasteiger partial charge in [0, 0.05) is 6.20 Å². The lowest BCUT2D eigenvalue weighted by molar-refractivity contribution is -0.0714. The van der Waals surface area contributed by atoms with Crippen molar-refractivity contribution in [2.75, 3.05) is 0 Å². The van der Waals surface area contributed by atoms with Crippen LogP contribution in [0.1, 0.15) is 52.1 Å². The smallest absolute Gasteiger partial charge is 0.114 e. The Morgan fingerprint density at radius 2 is 1.89 bits per heavy atom. The molecule has 18 heavy (non-hydrogen) atoms. The number of nitrogens with zero attached hydrogens (tertiary/aromatic N) is 2. The molecule has 1 heterocycles. The molecule has 2 bridgehead atoms. The Bertz CT molecular complexity index is 407. The first-order valence-electron chi connectivity index (χ1n) is 6.99. The van der Waals surface area contributed by atoms with Crippen molar-refractivity contribution in [2.24, 2.45) is 23.2 Å². The molecule has 0 amide bonds. The molecule has 2 atom stereocenters. The third kappa shape index (κ3) is 1.78. The first-order chi connectivity index (χ1) is 8.40. The lowest BCUT2D eigenvalue weighted by Gasteiger charge is -2.45. The lowest BCUT2D eigenvalue weighted by Crippen LogP contribution is -2.43. The molecule has 0 saturated heterocycles. The molecule has 0 aliphatic heterocycles. The standard InChI is InChI=1S/C14H23N3O/c1-13(2,3)12-9-4-5-10(12)7-14(18,6-9)11-8-15-17-16-11/h8-10,12,18H,4-7H2,1-3H3,(H,15,16,17)/t9?,10?,12-,14+. The zero-order valence-electron chi connectivity index (χ0n) is 11.5. The maximum Gasteiger partial charge on any atom is 0.114 e. The van der Waals surface area contributed by atoms with Gasteiger partial charge in [-0.25, -0.2) is 0 Å². The van der Waals surface area contributed by atoms with Gasteiger partial charge in [-0.2, -0.15) is 0 Å². The second-order valence-electron chi connectivity index (χ2n) is 7.29. The van der Waals surface area contributed by atoms with E-state index in [1.807, 2.05) is 0 Å². The third-order valence-electron chi connectivity index (χ3n) is 5.02. The average Bonchev–Trinajstić information content (AvgIpc) is 2.85. The summed E-state index contributed by atoms with van der Waals surface area (Å²) in [7, 11) is 0. The molecule has 2 unspecified atom stereocenters. The number of aromatic nitrogens is 3. The van der Waals surface area contributed by atoms with Crippen LogP contribution in [-0.4, -0.2) is 20.5 Å². The Balaban J connectivity index is 1.88. The number of hydrogen-bond donors (Lipinski definition) is 2. The monoisotopic (exact) mass is 249 g/mol. The quantitative estimate of drug-likeness (QED) is 0.803. The summed E-state index contributed by atoms with van der Waals surface area (Å²) in [6, 6.07) is 0. The van der Waals surface area contributed by atoms with Gasteiger partial charge in [-0.05, 0) is 48.9 Å². The molecule has 0 aromatic carbocycles. The van der Waals surface area contributed by atoms with Gasteiger partial charge < -0.3 is 5.11 Å². The fourth-order valence-corrected chi connectivity index (χ4v) is 4.63. The second-order valence-corrected chi connectivity index (χ2v) is 7.29. The normalized spacial score (nSPS) is 40.1. The number of aliphatic hydroxyl groups is 1. The summed E-state index contributed by atoms with van der Waals surface area (Å²) < 4.78 is 0. The van der Waals surface area contributed by atoms with Gasteiger partial charge in [0.15, 0.2) is 0 Å². The van der Waals surface area contributed by atoms with Gasteiger partial charge >= 0.3 is 0 Å². The van der Waals surface area contributed by atoms with Crippen molar-refractivity contribution in [3.63, 3.8) is 0 Å². The zero-order valence-corrected chi connectivity index (χ0v) is 11.5. The van der Waals surface area contributed by atoms with Crippen LogP contribution in [0.15, 0.2) is 6.20 Å². The van der Waals surface area contributed by atoms with Crippen molar-refractivity contribution in [1.29, 1.82) is 0 Å². The molecule has 2 N–H and O–H groups in total. The number of nitrogens with one attached hydrogen (secondary N) is 1. The molecule has 1 aromatic heterocycles. The summed E-state index contributed by atoms with van der Waals surface area (Å²) >= 11 is 0. The predicted octanol–water partition coefficient (Wildman–Crippen LogP) is 2.47. The maximum atomic E-state index is 10.9. The van der Waals surface area contributed by atoms with E-state index in [-0.39, 0.29) is 0 Å². The van der Waals surface area contributed by atoms with Crippen molar-refractivity contribution in [3.8, 4) is 0 Å². The highest BCUT2D eigenvalue weighted by Crippen LogP contribution is 2.58. The largest absolute Gasteiger partial charge is 0.383 e. The third-order valence-corrected chi connectivity index (χ3v) is 5.02. The van der Waals surface area contributed by atoms with E-state index in [0.29, 0.717) is 17.3 Å².